The molecule has 0 bridgehead atoms. The highest BCUT2D eigenvalue weighted by atomic mass is 16.3. The SMILES string of the molecule is CCC[C@]1(CNC(C)=O)N[C@H](CO)[C@@H](O)[C@@H]1O. The van der Waals surface area contributed by atoms with Gasteiger partial charge in [0.25, 0.3) is 0 Å². The number of aliphatic hydroxyl groups excluding tert-OH is 3. The van der Waals surface area contributed by atoms with Gasteiger partial charge in [-0.05, 0) is 6.42 Å². The molecule has 0 radical (unpaired) electrons. The van der Waals surface area contributed by atoms with E-state index >= 15 is 0 Å². The predicted octanol–water partition coefficient (Wildman–Crippen LogP) is -1.65. The van der Waals surface area contributed by atoms with Crippen molar-refractivity contribution in [2.45, 2.75) is 50.5 Å². The third kappa shape index (κ3) is 2.95. The van der Waals surface area contributed by atoms with E-state index in [-0.39, 0.29) is 19.1 Å². The van der Waals surface area contributed by atoms with E-state index in [0.29, 0.717) is 6.42 Å². The quantitative estimate of drug-likeness (QED) is 0.400. The fraction of sp³-hybridized carbons (Fsp3) is 0.909. The van der Waals surface area contributed by atoms with Gasteiger partial charge >= 0.3 is 0 Å². The molecule has 1 fully saturated rings. The summed E-state index contributed by atoms with van der Waals surface area (Å²) in [5.74, 6) is -0.184. The second-order valence-electron chi connectivity index (χ2n) is 4.68. The van der Waals surface area contributed by atoms with Gasteiger partial charge in [-0.2, -0.15) is 0 Å². The number of nitrogens with one attached hydrogen (secondary N) is 2. The molecule has 1 saturated heterocycles. The fourth-order valence-corrected chi connectivity index (χ4v) is 2.43. The lowest BCUT2D eigenvalue weighted by Crippen LogP contribution is -2.57. The lowest BCUT2D eigenvalue weighted by molar-refractivity contribution is -0.119. The molecule has 1 aliphatic rings. The average molecular weight is 246 g/mol. The Hall–Kier alpha value is -0.690. The molecule has 1 heterocycles. The summed E-state index contributed by atoms with van der Waals surface area (Å²) >= 11 is 0. The predicted molar refractivity (Wildman–Crippen MR) is 62.3 cm³/mol. The zero-order valence-electron chi connectivity index (χ0n) is 10.3. The molecular formula is C11H22N2O4. The Labute approximate surface area is 101 Å². The van der Waals surface area contributed by atoms with Crippen LogP contribution in [0, 0.1) is 0 Å². The maximum Gasteiger partial charge on any atom is 0.216 e. The van der Waals surface area contributed by atoms with Crippen LogP contribution in [-0.2, 0) is 4.79 Å². The minimum Gasteiger partial charge on any atom is -0.395 e. The van der Waals surface area contributed by atoms with Gasteiger partial charge in [0.05, 0.1) is 24.3 Å². The molecule has 100 valence electrons. The number of carbonyl (C=O) groups excluding carboxylic acids is 1. The lowest BCUT2D eigenvalue weighted by atomic mass is 9.88. The molecule has 1 amide bonds. The van der Waals surface area contributed by atoms with Gasteiger partial charge in [-0.1, -0.05) is 13.3 Å². The Kier molecular flexibility index (Phi) is 4.88. The van der Waals surface area contributed by atoms with Crippen LogP contribution in [0.4, 0.5) is 0 Å². The van der Waals surface area contributed by atoms with Crippen LogP contribution in [0.15, 0.2) is 0 Å². The molecule has 0 aromatic carbocycles. The van der Waals surface area contributed by atoms with Gasteiger partial charge in [0, 0.05) is 13.5 Å². The van der Waals surface area contributed by atoms with Crippen molar-refractivity contribution < 1.29 is 20.1 Å². The summed E-state index contributed by atoms with van der Waals surface area (Å²) in [6.07, 6.45) is -0.594. The number of carbonyl (C=O) groups is 1. The van der Waals surface area contributed by atoms with Crippen molar-refractivity contribution in [3.05, 3.63) is 0 Å². The first-order valence-corrected chi connectivity index (χ1v) is 5.96. The number of aliphatic hydroxyl groups is 3. The topological polar surface area (TPSA) is 102 Å². The molecule has 1 rings (SSSR count). The highest BCUT2D eigenvalue weighted by Crippen LogP contribution is 2.28. The van der Waals surface area contributed by atoms with Crippen LogP contribution in [0.25, 0.3) is 0 Å². The molecule has 0 aromatic heterocycles. The molecule has 1 aliphatic heterocycles. The van der Waals surface area contributed by atoms with Crippen molar-refractivity contribution in [3.8, 4) is 0 Å². The maximum atomic E-state index is 11.0. The van der Waals surface area contributed by atoms with Crippen molar-refractivity contribution in [2.24, 2.45) is 0 Å². The van der Waals surface area contributed by atoms with Gasteiger partial charge in [-0.15, -0.1) is 0 Å². The highest BCUT2D eigenvalue weighted by molar-refractivity contribution is 5.72. The Morgan fingerprint density at radius 1 is 1.47 bits per heavy atom. The summed E-state index contributed by atoms with van der Waals surface area (Å²) in [6, 6.07) is -0.551. The zero-order chi connectivity index (χ0) is 13.1. The fourth-order valence-electron chi connectivity index (χ4n) is 2.43. The van der Waals surface area contributed by atoms with Crippen LogP contribution in [0.3, 0.4) is 0 Å². The highest BCUT2D eigenvalue weighted by Gasteiger charge is 2.51. The van der Waals surface area contributed by atoms with Gasteiger partial charge in [0.1, 0.15) is 6.10 Å². The van der Waals surface area contributed by atoms with Crippen LogP contribution in [-0.4, -0.2) is 58.2 Å². The smallest absolute Gasteiger partial charge is 0.216 e. The zero-order valence-corrected chi connectivity index (χ0v) is 10.3. The van der Waals surface area contributed by atoms with E-state index in [2.05, 4.69) is 10.6 Å². The first kappa shape index (κ1) is 14.4. The van der Waals surface area contributed by atoms with Gasteiger partial charge < -0.3 is 20.6 Å². The van der Waals surface area contributed by atoms with Crippen molar-refractivity contribution in [1.29, 1.82) is 0 Å². The maximum absolute atomic E-state index is 11.0. The van der Waals surface area contributed by atoms with Crippen molar-refractivity contribution >= 4 is 5.91 Å². The summed E-state index contributed by atoms with van der Waals surface area (Å²) < 4.78 is 0. The first-order valence-electron chi connectivity index (χ1n) is 5.96. The minimum absolute atomic E-state index is 0.184. The van der Waals surface area contributed by atoms with Crippen LogP contribution in [0.5, 0.6) is 0 Å². The third-order valence-electron chi connectivity index (χ3n) is 3.32. The number of hydrogen-bond donors (Lipinski definition) is 5. The standard InChI is InChI=1S/C11H22N2O4/c1-3-4-11(6-12-7(2)15)10(17)9(16)8(5-14)13-11/h8-10,13-14,16-17H,3-6H2,1-2H3,(H,12,15)/t8-,9-,10+,11-/m1/s1. The average Bonchev–Trinajstić information content (AvgIpc) is 2.52. The van der Waals surface area contributed by atoms with Gasteiger partial charge in [-0.3, -0.25) is 10.1 Å². The van der Waals surface area contributed by atoms with Gasteiger partial charge in [-0.25, -0.2) is 0 Å². The number of hydrogen-bond acceptors (Lipinski definition) is 5. The van der Waals surface area contributed by atoms with E-state index in [0.717, 1.165) is 6.42 Å². The summed E-state index contributed by atoms with van der Waals surface area (Å²) in [7, 11) is 0. The van der Waals surface area contributed by atoms with E-state index in [1.807, 2.05) is 6.92 Å². The minimum atomic E-state index is -1.01. The second-order valence-corrected chi connectivity index (χ2v) is 4.68. The van der Waals surface area contributed by atoms with E-state index < -0.39 is 23.8 Å². The third-order valence-corrected chi connectivity index (χ3v) is 3.32. The molecule has 0 aromatic rings. The normalized spacial score (nSPS) is 37.1. The molecule has 0 unspecified atom stereocenters. The van der Waals surface area contributed by atoms with E-state index in [4.69, 9.17) is 5.11 Å². The van der Waals surface area contributed by atoms with Gasteiger partial charge in [0.15, 0.2) is 0 Å². The summed E-state index contributed by atoms with van der Waals surface area (Å²) in [4.78, 5) is 11.0. The van der Waals surface area contributed by atoms with Crippen molar-refractivity contribution in [3.63, 3.8) is 0 Å². The molecule has 5 N–H and O–H groups in total. The van der Waals surface area contributed by atoms with Crippen LogP contribution in [0.1, 0.15) is 26.7 Å². The van der Waals surface area contributed by atoms with Gasteiger partial charge in [0.2, 0.25) is 5.91 Å². The number of amides is 1. The van der Waals surface area contributed by atoms with Crippen LogP contribution >= 0.6 is 0 Å². The van der Waals surface area contributed by atoms with Crippen molar-refractivity contribution in [2.75, 3.05) is 13.2 Å². The monoisotopic (exact) mass is 246 g/mol. The molecule has 6 heteroatoms. The van der Waals surface area contributed by atoms with Crippen LogP contribution in [0.2, 0.25) is 0 Å². The number of rotatable bonds is 5. The summed E-state index contributed by atoms with van der Waals surface area (Å²) in [6.45, 7) is 3.36. The molecule has 0 aliphatic carbocycles. The largest absolute Gasteiger partial charge is 0.395 e. The first-order chi connectivity index (χ1) is 7.96. The molecule has 17 heavy (non-hydrogen) atoms. The Balaban J connectivity index is 2.80. The molecule has 6 nitrogen and oxygen atoms in total. The Morgan fingerprint density at radius 3 is 2.53 bits per heavy atom. The molecule has 0 saturated carbocycles. The lowest BCUT2D eigenvalue weighted by Gasteiger charge is -2.33. The Morgan fingerprint density at radius 2 is 2.12 bits per heavy atom. The summed E-state index contributed by atoms with van der Waals surface area (Å²) in [5.41, 5.74) is -0.757. The van der Waals surface area contributed by atoms with Crippen LogP contribution < -0.4 is 10.6 Å². The molecular weight excluding hydrogens is 224 g/mol. The van der Waals surface area contributed by atoms with E-state index in [1.54, 1.807) is 0 Å². The molecule has 4 atom stereocenters. The van der Waals surface area contributed by atoms with E-state index in [1.165, 1.54) is 6.92 Å². The second kappa shape index (κ2) is 5.77. The molecule has 0 spiro atoms. The van der Waals surface area contributed by atoms with Crippen molar-refractivity contribution in [1.82, 2.24) is 10.6 Å². The Bertz CT molecular complexity index is 274. The summed E-state index contributed by atoms with van der Waals surface area (Å²) in [5, 5.41) is 34.7. The van der Waals surface area contributed by atoms with E-state index in [9.17, 15) is 15.0 Å².